The lowest BCUT2D eigenvalue weighted by Crippen LogP contribution is -2.42. The maximum Gasteiger partial charge on any atom is 0.320 e. The second-order valence-electron chi connectivity index (χ2n) is 5.53. The summed E-state index contributed by atoms with van der Waals surface area (Å²) >= 11 is 0. The molecule has 0 spiro atoms. The van der Waals surface area contributed by atoms with Crippen molar-refractivity contribution in [2.24, 2.45) is 5.92 Å². The van der Waals surface area contributed by atoms with Crippen LogP contribution in [0.3, 0.4) is 0 Å². The van der Waals surface area contributed by atoms with Gasteiger partial charge < -0.3 is 9.84 Å². The van der Waals surface area contributed by atoms with Crippen molar-refractivity contribution in [3.05, 3.63) is 48.0 Å². The maximum absolute atomic E-state index is 11.9. The van der Waals surface area contributed by atoms with Crippen LogP contribution in [0.1, 0.15) is 12.0 Å². The number of carbonyl (C=O) groups excluding carboxylic acids is 1. The van der Waals surface area contributed by atoms with E-state index in [1.54, 1.807) is 4.90 Å². The average Bonchev–Trinajstić information content (AvgIpc) is 2.93. The average molecular weight is 287 g/mol. The number of fused-ring (bicyclic) bond motifs is 1. The number of carboxylic acid groups (broad SMARTS) is 1. The third-order valence-corrected chi connectivity index (χ3v) is 4.20. The number of esters is 1. The number of hydrogen-bond donors (Lipinski definition) is 1. The molecule has 1 N–H and O–H groups in total. The minimum atomic E-state index is -0.883. The number of carboxylic acids is 1. The summed E-state index contributed by atoms with van der Waals surface area (Å²) in [4.78, 5) is 24.8. The van der Waals surface area contributed by atoms with Crippen molar-refractivity contribution in [2.45, 2.75) is 25.1 Å². The van der Waals surface area contributed by atoms with Crippen LogP contribution in [0.2, 0.25) is 0 Å². The molecule has 2 aliphatic rings. The highest BCUT2D eigenvalue weighted by Crippen LogP contribution is 2.51. The summed E-state index contributed by atoms with van der Waals surface area (Å²) in [7, 11) is 0. The first kappa shape index (κ1) is 13.8. The predicted molar refractivity (Wildman–Crippen MR) is 75.4 cm³/mol. The molecule has 5 heteroatoms. The number of piperidine rings is 1. The Morgan fingerprint density at radius 2 is 2.05 bits per heavy atom. The molecule has 5 nitrogen and oxygen atoms in total. The van der Waals surface area contributed by atoms with Gasteiger partial charge in [-0.05, 0) is 12.0 Å². The van der Waals surface area contributed by atoms with E-state index in [1.165, 1.54) is 0 Å². The van der Waals surface area contributed by atoms with Gasteiger partial charge in [-0.3, -0.25) is 14.5 Å². The highest BCUT2D eigenvalue weighted by Gasteiger charge is 2.57. The fourth-order valence-electron chi connectivity index (χ4n) is 3.04. The molecule has 1 aromatic rings. The zero-order valence-corrected chi connectivity index (χ0v) is 11.6. The molecule has 1 heterocycles. The van der Waals surface area contributed by atoms with Crippen molar-refractivity contribution in [1.82, 2.24) is 4.90 Å². The van der Waals surface area contributed by atoms with Crippen LogP contribution in [0.15, 0.2) is 42.5 Å². The number of rotatable bonds is 5. The standard InChI is InChI=1S/C16H17NO4/c1-10-12-7-13(16(19)20)17(15(10)12)8-14(18)21-9-11-5-3-2-4-6-11/h2-6,12-13,15H,1,7-9H2,(H,19,20)/t12-,13+,15+/m0/s1. The Morgan fingerprint density at radius 3 is 2.71 bits per heavy atom. The Labute approximate surface area is 122 Å². The highest BCUT2D eigenvalue weighted by molar-refractivity contribution is 5.78. The van der Waals surface area contributed by atoms with Gasteiger partial charge in [0.1, 0.15) is 12.6 Å². The Kier molecular flexibility index (Phi) is 3.51. The Bertz CT molecular complexity index is 583. The van der Waals surface area contributed by atoms with Crippen LogP contribution < -0.4 is 0 Å². The number of aliphatic carboxylic acids is 1. The molecular weight excluding hydrogens is 270 g/mol. The monoisotopic (exact) mass is 287 g/mol. The van der Waals surface area contributed by atoms with Crippen LogP contribution in [-0.2, 0) is 20.9 Å². The van der Waals surface area contributed by atoms with Crippen molar-refractivity contribution >= 4 is 11.9 Å². The summed E-state index contributed by atoms with van der Waals surface area (Å²) in [6, 6.07) is 8.84. The summed E-state index contributed by atoms with van der Waals surface area (Å²) in [6.07, 6.45) is 0.546. The van der Waals surface area contributed by atoms with Gasteiger partial charge in [0.25, 0.3) is 0 Å². The quantitative estimate of drug-likeness (QED) is 0.655. The lowest BCUT2D eigenvalue weighted by atomic mass is 10.1. The van der Waals surface area contributed by atoms with E-state index in [1.807, 2.05) is 30.3 Å². The minimum absolute atomic E-state index is 0.00396. The number of hydrogen-bond acceptors (Lipinski definition) is 4. The number of carbonyl (C=O) groups is 2. The number of benzene rings is 1. The van der Waals surface area contributed by atoms with E-state index < -0.39 is 18.0 Å². The number of nitrogens with zero attached hydrogens (tertiary/aromatic N) is 1. The van der Waals surface area contributed by atoms with Crippen LogP contribution in [0.25, 0.3) is 0 Å². The summed E-state index contributed by atoms with van der Waals surface area (Å²) in [5.41, 5.74) is 1.94. The largest absolute Gasteiger partial charge is 0.480 e. The van der Waals surface area contributed by atoms with Gasteiger partial charge in [-0.25, -0.2) is 0 Å². The molecule has 1 saturated heterocycles. The van der Waals surface area contributed by atoms with E-state index in [0.29, 0.717) is 6.42 Å². The van der Waals surface area contributed by atoms with Crippen LogP contribution >= 0.6 is 0 Å². The van der Waals surface area contributed by atoms with Crippen LogP contribution in [0, 0.1) is 5.92 Å². The molecule has 2 fully saturated rings. The molecule has 0 unspecified atom stereocenters. The van der Waals surface area contributed by atoms with Crippen LogP contribution in [0.5, 0.6) is 0 Å². The number of ether oxygens (including phenoxy) is 1. The molecule has 1 aliphatic heterocycles. The van der Waals surface area contributed by atoms with Crippen molar-refractivity contribution < 1.29 is 19.4 Å². The van der Waals surface area contributed by atoms with Gasteiger partial charge in [0.05, 0.1) is 6.54 Å². The molecule has 0 bridgehead atoms. The molecule has 110 valence electrons. The Hall–Kier alpha value is -2.14. The Balaban J connectivity index is 1.56. The molecule has 21 heavy (non-hydrogen) atoms. The molecule has 0 radical (unpaired) electrons. The van der Waals surface area contributed by atoms with Crippen molar-refractivity contribution in [3.8, 4) is 0 Å². The first-order valence-electron chi connectivity index (χ1n) is 6.94. The van der Waals surface area contributed by atoms with Gasteiger partial charge >= 0.3 is 11.9 Å². The van der Waals surface area contributed by atoms with Gasteiger partial charge in [0, 0.05) is 12.0 Å². The first-order valence-corrected chi connectivity index (χ1v) is 6.94. The SMILES string of the molecule is C=C1[C@@H]2[C@H]1C[C@H](C(=O)O)N2CC(=O)OCc1ccccc1. The smallest absolute Gasteiger partial charge is 0.320 e. The van der Waals surface area contributed by atoms with Gasteiger partial charge in [-0.2, -0.15) is 0 Å². The van der Waals surface area contributed by atoms with Crippen LogP contribution in [0.4, 0.5) is 0 Å². The van der Waals surface area contributed by atoms with Gasteiger partial charge in [0.15, 0.2) is 0 Å². The first-order chi connectivity index (χ1) is 10.1. The summed E-state index contributed by atoms with van der Waals surface area (Å²) in [5, 5.41) is 9.21. The van der Waals surface area contributed by atoms with Gasteiger partial charge in [-0.15, -0.1) is 0 Å². The molecule has 3 rings (SSSR count). The van der Waals surface area contributed by atoms with E-state index in [2.05, 4.69) is 6.58 Å². The van der Waals surface area contributed by atoms with E-state index in [-0.39, 0.29) is 25.1 Å². The molecule has 1 aliphatic carbocycles. The third-order valence-electron chi connectivity index (χ3n) is 4.20. The fraction of sp³-hybridized carbons (Fsp3) is 0.375. The maximum atomic E-state index is 11.9. The van der Waals surface area contributed by atoms with Crippen molar-refractivity contribution in [2.75, 3.05) is 6.54 Å². The fourth-order valence-corrected chi connectivity index (χ4v) is 3.04. The highest BCUT2D eigenvalue weighted by atomic mass is 16.5. The topological polar surface area (TPSA) is 66.8 Å². The zero-order chi connectivity index (χ0) is 15.0. The lowest BCUT2D eigenvalue weighted by Gasteiger charge is -2.23. The number of likely N-dealkylation sites (tertiary alicyclic amines) is 1. The van der Waals surface area contributed by atoms with Crippen molar-refractivity contribution in [1.29, 1.82) is 0 Å². The molecule has 1 saturated carbocycles. The molecule has 1 aromatic carbocycles. The minimum Gasteiger partial charge on any atom is -0.480 e. The molecule has 0 amide bonds. The lowest BCUT2D eigenvalue weighted by molar-refractivity contribution is -0.149. The molecule has 0 aromatic heterocycles. The van der Waals surface area contributed by atoms with Crippen molar-refractivity contribution in [3.63, 3.8) is 0 Å². The van der Waals surface area contributed by atoms with Gasteiger partial charge in [0.2, 0.25) is 0 Å². The molecule has 3 atom stereocenters. The van der Waals surface area contributed by atoms with E-state index >= 15 is 0 Å². The van der Waals surface area contributed by atoms with E-state index in [4.69, 9.17) is 4.74 Å². The normalized spacial score (nSPS) is 27.2. The Morgan fingerprint density at radius 1 is 1.33 bits per heavy atom. The van der Waals surface area contributed by atoms with Crippen LogP contribution in [-0.4, -0.2) is 40.6 Å². The predicted octanol–water partition coefficient (Wildman–Crippen LogP) is 1.44. The van der Waals surface area contributed by atoms with E-state index in [9.17, 15) is 14.7 Å². The van der Waals surface area contributed by atoms with Gasteiger partial charge in [-0.1, -0.05) is 42.5 Å². The zero-order valence-electron chi connectivity index (χ0n) is 11.6. The van der Waals surface area contributed by atoms with E-state index in [0.717, 1.165) is 11.1 Å². The summed E-state index contributed by atoms with van der Waals surface area (Å²) in [6.45, 7) is 4.12. The summed E-state index contributed by atoms with van der Waals surface area (Å²) in [5.74, 6) is -1.05. The summed E-state index contributed by atoms with van der Waals surface area (Å²) < 4.78 is 5.22. The third kappa shape index (κ3) is 2.69. The second kappa shape index (κ2) is 5.33. The molecular formula is C16H17NO4. The second-order valence-corrected chi connectivity index (χ2v) is 5.53.